The van der Waals surface area contributed by atoms with E-state index in [0.717, 1.165) is 27.2 Å². The van der Waals surface area contributed by atoms with Crippen LogP contribution in [0.3, 0.4) is 0 Å². The number of benzene rings is 1. The lowest BCUT2D eigenvalue weighted by Gasteiger charge is -2.11. The zero-order valence-corrected chi connectivity index (χ0v) is 14.5. The van der Waals surface area contributed by atoms with Crippen molar-refractivity contribution in [1.82, 2.24) is 14.8 Å². The number of thioether (sulfide) groups is 1. The van der Waals surface area contributed by atoms with Crippen molar-refractivity contribution < 1.29 is 4.42 Å². The van der Waals surface area contributed by atoms with Gasteiger partial charge >= 0.3 is 5.63 Å². The molecule has 6 heteroatoms. The second kappa shape index (κ2) is 6.20. The van der Waals surface area contributed by atoms with Crippen LogP contribution in [-0.4, -0.2) is 14.8 Å². The van der Waals surface area contributed by atoms with Crippen LogP contribution in [-0.2, 0) is 5.75 Å². The van der Waals surface area contributed by atoms with Crippen LogP contribution in [0.25, 0.3) is 11.0 Å². The average Bonchev–Trinajstić information content (AvgIpc) is 2.97. The van der Waals surface area contributed by atoms with Gasteiger partial charge in [0, 0.05) is 23.2 Å². The van der Waals surface area contributed by atoms with Gasteiger partial charge in [0.15, 0.2) is 5.16 Å². The maximum Gasteiger partial charge on any atom is 0.336 e. The lowest BCUT2D eigenvalue weighted by molar-refractivity contribution is 0.549. The summed E-state index contributed by atoms with van der Waals surface area (Å²) < 4.78 is 7.44. The van der Waals surface area contributed by atoms with E-state index in [0.29, 0.717) is 17.4 Å². The lowest BCUT2D eigenvalue weighted by atomic mass is 10.0. The molecule has 0 saturated heterocycles. The Labute approximate surface area is 138 Å². The quantitative estimate of drug-likeness (QED) is 0.537. The molecule has 2 aromatic heterocycles. The summed E-state index contributed by atoms with van der Waals surface area (Å²) in [5.74, 6) is 0.649. The molecule has 120 valence electrons. The molecule has 0 fully saturated rings. The molecule has 0 spiro atoms. The molecular weight excluding hydrogens is 310 g/mol. The first-order valence-corrected chi connectivity index (χ1v) is 8.51. The zero-order chi connectivity index (χ0) is 16.6. The molecule has 2 heterocycles. The van der Waals surface area contributed by atoms with E-state index >= 15 is 0 Å². The highest BCUT2D eigenvalue weighted by atomic mass is 32.2. The number of fused-ring (bicyclic) bond motifs is 1. The van der Waals surface area contributed by atoms with Crippen molar-refractivity contribution in [3.63, 3.8) is 0 Å². The van der Waals surface area contributed by atoms with Crippen LogP contribution in [0.5, 0.6) is 0 Å². The van der Waals surface area contributed by atoms with Gasteiger partial charge in [-0.1, -0.05) is 23.9 Å². The first-order valence-electron chi connectivity index (χ1n) is 7.52. The van der Waals surface area contributed by atoms with Crippen molar-refractivity contribution in [2.24, 2.45) is 0 Å². The minimum atomic E-state index is -0.313. The van der Waals surface area contributed by atoms with Crippen molar-refractivity contribution in [3.8, 4) is 0 Å². The van der Waals surface area contributed by atoms with E-state index in [4.69, 9.17) is 4.42 Å². The molecule has 0 radical (unpaired) electrons. The van der Waals surface area contributed by atoms with Crippen molar-refractivity contribution in [2.45, 2.75) is 44.6 Å². The number of aromatic nitrogens is 3. The van der Waals surface area contributed by atoms with Gasteiger partial charge in [-0.25, -0.2) is 4.79 Å². The number of hydrogen-bond acceptors (Lipinski definition) is 5. The standard InChI is InChI=1S/C17H19N3O2S/c1-10(2)20-9-18-19-17(20)23-8-13-7-15(21)22-16-12(4)11(3)5-6-14(13)16/h5-7,9-10H,8H2,1-4H3. The summed E-state index contributed by atoms with van der Waals surface area (Å²) in [6.45, 7) is 8.17. The Balaban J connectivity index is 1.99. The molecule has 3 aromatic rings. The maximum atomic E-state index is 11.9. The smallest absolute Gasteiger partial charge is 0.336 e. The summed E-state index contributed by atoms with van der Waals surface area (Å²) >= 11 is 1.58. The van der Waals surface area contributed by atoms with Gasteiger partial charge in [-0.2, -0.15) is 0 Å². The van der Waals surface area contributed by atoms with Crippen LogP contribution in [0.15, 0.2) is 38.9 Å². The molecule has 5 nitrogen and oxygen atoms in total. The minimum absolute atomic E-state index is 0.301. The van der Waals surface area contributed by atoms with Crippen LogP contribution < -0.4 is 5.63 Å². The van der Waals surface area contributed by atoms with E-state index in [1.54, 1.807) is 24.2 Å². The summed E-state index contributed by atoms with van der Waals surface area (Å²) in [4.78, 5) is 11.9. The van der Waals surface area contributed by atoms with E-state index in [1.165, 1.54) is 0 Å². The summed E-state index contributed by atoms with van der Waals surface area (Å²) in [7, 11) is 0. The van der Waals surface area contributed by atoms with Crippen molar-refractivity contribution >= 4 is 22.7 Å². The second-order valence-electron chi connectivity index (χ2n) is 5.88. The third kappa shape index (κ3) is 3.03. The average molecular weight is 329 g/mol. The van der Waals surface area contributed by atoms with E-state index in [1.807, 2.05) is 24.5 Å². The predicted octanol–water partition coefficient (Wildman–Crippen LogP) is 3.87. The second-order valence-corrected chi connectivity index (χ2v) is 6.82. The molecule has 3 rings (SSSR count). The van der Waals surface area contributed by atoms with Crippen LogP contribution >= 0.6 is 11.8 Å². The van der Waals surface area contributed by atoms with Gasteiger partial charge in [-0.3, -0.25) is 0 Å². The monoisotopic (exact) mass is 329 g/mol. The third-order valence-corrected chi connectivity index (χ3v) is 4.98. The fourth-order valence-corrected chi connectivity index (χ4v) is 3.51. The Kier molecular flexibility index (Phi) is 4.26. The van der Waals surface area contributed by atoms with Gasteiger partial charge in [0.25, 0.3) is 0 Å². The van der Waals surface area contributed by atoms with E-state index in [9.17, 15) is 4.79 Å². The van der Waals surface area contributed by atoms with Crippen LogP contribution in [0.1, 0.15) is 36.6 Å². The molecule has 0 amide bonds. The fourth-order valence-electron chi connectivity index (χ4n) is 2.48. The minimum Gasteiger partial charge on any atom is -0.422 e. The lowest BCUT2D eigenvalue weighted by Crippen LogP contribution is -2.03. The Morgan fingerprint density at radius 3 is 2.83 bits per heavy atom. The molecule has 0 unspecified atom stereocenters. The van der Waals surface area contributed by atoms with Crippen molar-refractivity contribution in [3.05, 3.63) is 51.6 Å². The Morgan fingerprint density at radius 2 is 2.09 bits per heavy atom. The molecule has 0 aliphatic heterocycles. The third-order valence-electron chi connectivity index (χ3n) is 3.97. The maximum absolute atomic E-state index is 11.9. The highest BCUT2D eigenvalue weighted by Crippen LogP contribution is 2.28. The van der Waals surface area contributed by atoms with Crippen molar-refractivity contribution in [1.29, 1.82) is 0 Å². The zero-order valence-electron chi connectivity index (χ0n) is 13.7. The van der Waals surface area contributed by atoms with Gasteiger partial charge in [0.05, 0.1) is 0 Å². The van der Waals surface area contributed by atoms with Gasteiger partial charge < -0.3 is 8.98 Å². The van der Waals surface area contributed by atoms with Gasteiger partial charge in [-0.05, 0) is 44.4 Å². The van der Waals surface area contributed by atoms with Crippen molar-refractivity contribution in [2.75, 3.05) is 0 Å². The van der Waals surface area contributed by atoms with Crippen LogP contribution in [0.4, 0.5) is 0 Å². The number of aryl methyl sites for hydroxylation is 2. The van der Waals surface area contributed by atoms with Gasteiger partial charge in [0.1, 0.15) is 11.9 Å². The molecule has 1 aromatic carbocycles. The molecule has 0 atom stereocenters. The molecule has 23 heavy (non-hydrogen) atoms. The van der Waals surface area contributed by atoms with Crippen LogP contribution in [0.2, 0.25) is 0 Å². The highest BCUT2D eigenvalue weighted by molar-refractivity contribution is 7.98. The van der Waals surface area contributed by atoms with E-state index in [2.05, 4.69) is 30.1 Å². The first-order chi connectivity index (χ1) is 11.0. The largest absolute Gasteiger partial charge is 0.422 e. The molecule has 0 aliphatic carbocycles. The highest BCUT2D eigenvalue weighted by Gasteiger charge is 2.12. The summed E-state index contributed by atoms with van der Waals surface area (Å²) in [6, 6.07) is 5.95. The topological polar surface area (TPSA) is 60.9 Å². The number of hydrogen-bond donors (Lipinski definition) is 0. The molecule has 0 saturated carbocycles. The summed E-state index contributed by atoms with van der Waals surface area (Å²) in [6.07, 6.45) is 1.73. The Bertz CT molecular complexity index is 912. The molecular formula is C17H19N3O2S. The number of nitrogens with zero attached hydrogens (tertiary/aromatic N) is 3. The summed E-state index contributed by atoms with van der Waals surface area (Å²) in [5, 5.41) is 9.97. The van der Waals surface area contributed by atoms with Gasteiger partial charge in [-0.15, -0.1) is 10.2 Å². The summed E-state index contributed by atoms with van der Waals surface area (Å²) in [5.41, 5.74) is 3.45. The van der Waals surface area contributed by atoms with E-state index < -0.39 is 0 Å². The first kappa shape index (κ1) is 15.8. The van der Waals surface area contributed by atoms with E-state index in [-0.39, 0.29) is 5.63 Å². The van der Waals surface area contributed by atoms with Crippen LogP contribution in [0, 0.1) is 13.8 Å². The van der Waals surface area contributed by atoms with Gasteiger partial charge in [0.2, 0.25) is 0 Å². The molecule has 0 aliphatic rings. The predicted molar refractivity (Wildman–Crippen MR) is 91.9 cm³/mol. The fraction of sp³-hybridized carbons (Fsp3) is 0.353. The Hall–Kier alpha value is -2.08. The SMILES string of the molecule is Cc1ccc2c(CSc3nncn3C(C)C)cc(=O)oc2c1C. The normalized spacial score (nSPS) is 11.5. The number of rotatable bonds is 4. The Morgan fingerprint density at radius 1 is 1.30 bits per heavy atom. The molecule has 0 bridgehead atoms. The molecule has 0 N–H and O–H groups in total.